The smallest absolute Gasteiger partial charge is 0.214 e. The van der Waals surface area contributed by atoms with E-state index in [1.54, 1.807) is 6.07 Å². The van der Waals surface area contributed by atoms with E-state index in [0.29, 0.717) is 0 Å². The Morgan fingerprint density at radius 3 is 2.89 bits per heavy atom. The molecule has 0 aliphatic heterocycles. The van der Waals surface area contributed by atoms with Crippen molar-refractivity contribution in [2.24, 2.45) is 0 Å². The molecule has 0 radical (unpaired) electrons. The minimum absolute atomic E-state index is 0.454. The Morgan fingerprint density at radius 2 is 2.00 bits per heavy atom. The van der Waals surface area contributed by atoms with E-state index < -0.39 is 5.95 Å². The molecule has 18 heavy (non-hydrogen) atoms. The summed E-state index contributed by atoms with van der Waals surface area (Å²) in [5, 5.41) is 3.29. The molecule has 0 bridgehead atoms. The van der Waals surface area contributed by atoms with Crippen LogP contribution in [0.2, 0.25) is 0 Å². The Bertz CT molecular complexity index is 566. The molecule has 0 saturated heterocycles. The van der Waals surface area contributed by atoms with E-state index in [1.165, 1.54) is 36.2 Å². The van der Waals surface area contributed by atoms with Crippen LogP contribution in [0.15, 0.2) is 36.5 Å². The van der Waals surface area contributed by atoms with E-state index in [4.69, 9.17) is 0 Å². The van der Waals surface area contributed by atoms with Gasteiger partial charge in [0.15, 0.2) is 0 Å². The topological polar surface area (TPSA) is 24.9 Å². The zero-order valence-electron chi connectivity index (χ0n) is 10.1. The van der Waals surface area contributed by atoms with Gasteiger partial charge in [-0.3, -0.25) is 0 Å². The van der Waals surface area contributed by atoms with Crippen LogP contribution in [-0.2, 0) is 12.8 Å². The number of nitrogens with one attached hydrogen (secondary N) is 1. The second-order valence-electron chi connectivity index (χ2n) is 4.64. The van der Waals surface area contributed by atoms with Gasteiger partial charge in [-0.15, -0.1) is 0 Å². The van der Waals surface area contributed by atoms with Crippen molar-refractivity contribution in [3.8, 4) is 0 Å². The fourth-order valence-electron chi connectivity index (χ4n) is 2.53. The monoisotopic (exact) mass is 242 g/mol. The average Bonchev–Trinajstić information content (AvgIpc) is 2.39. The highest BCUT2D eigenvalue weighted by Gasteiger charge is 2.12. The fraction of sp³-hybridized carbons (Fsp3) is 0.267. The molecule has 1 aromatic carbocycles. The van der Waals surface area contributed by atoms with Crippen molar-refractivity contribution in [1.82, 2.24) is 4.98 Å². The van der Waals surface area contributed by atoms with Crippen molar-refractivity contribution in [3.63, 3.8) is 0 Å². The van der Waals surface area contributed by atoms with Gasteiger partial charge in [-0.25, -0.2) is 4.98 Å². The maximum absolute atomic E-state index is 13.1. The molecular weight excluding hydrogens is 227 g/mol. The molecule has 0 amide bonds. The van der Waals surface area contributed by atoms with Gasteiger partial charge in [-0.1, -0.05) is 12.1 Å². The van der Waals surface area contributed by atoms with Crippen molar-refractivity contribution in [1.29, 1.82) is 0 Å². The van der Waals surface area contributed by atoms with Crippen LogP contribution in [0.25, 0.3) is 0 Å². The minimum Gasteiger partial charge on any atom is -0.355 e. The van der Waals surface area contributed by atoms with Crippen LogP contribution < -0.4 is 5.32 Å². The van der Waals surface area contributed by atoms with Crippen LogP contribution in [0.5, 0.6) is 0 Å². The second-order valence-corrected chi connectivity index (χ2v) is 4.64. The third-order valence-corrected chi connectivity index (χ3v) is 3.40. The van der Waals surface area contributed by atoms with Crippen molar-refractivity contribution in [2.45, 2.75) is 25.7 Å². The van der Waals surface area contributed by atoms with Gasteiger partial charge in [0.25, 0.3) is 0 Å². The number of aryl methyl sites for hydroxylation is 1. The number of fused-ring (bicyclic) bond motifs is 1. The molecule has 1 aliphatic carbocycles. The van der Waals surface area contributed by atoms with Crippen LogP contribution in [0.1, 0.15) is 24.0 Å². The number of hydrogen-bond donors (Lipinski definition) is 1. The van der Waals surface area contributed by atoms with Crippen LogP contribution in [0, 0.1) is 5.95 Å². The molecule has 3 heteroatoms. The SMILES string of the molecule is Fc1cc(Nc2cccc3c2CCCC3)ccn1. The molecule has 0 spiro atoms. The first kappa shape index (κ1) is 11.2. The lowest BCUT2D eigenvalue weighted by Gasteiger charge is -2.20. The van der Waals surface area contributed by atoms with Gasteiger partial charge >= 0.3 is 0 Å². The maximum atomic E-state index is 13.1. The molecule has 0 atom stereocenters. The molecule has 92 valence electrons. The predicted molar refractivity (Wildman–Crippen MR) is 70.6 cm³/mol. The number of anilines is 2. The number of benzene rings is 1. The third kappa shape index (κ3) is 2.21. The first-order chi connectivity index (χ1) is 8.83. The zero-order chi connectivity index (χ0) is 12.4. The summed E-state index contributed by atoms with van der Waals surface area (Å²) in [5.41, 5.74) is 4.64. The second kappa shape index (κ2) is 4.77. The molecule has 3 rings (SSSR count). The Labute approximate surface area is 106 Å². The van der Waals surface area contributed by atoms with Gasteiger partial charge in [0.2, 0.25) is 5.95 Å². The van der Waals surface area contributed by atoms with Crippen molar-refractivity contribution < 1.29 is 4.39 Å². The fourth-order valence-corrected chi connectivity index (χ4v) is 2.53. The molecule has 1 heterocycles. The van der Waals surface area contributed by atoms with Gasteiger partial charge < -0.3 is 5.32 Å². The standard InChI is InChI=1S/C15H15FN2/c16-15-10-12(8-9-17-15)18-14-7-3-5-11-4-1-2-6-13(11)14/h3,5,7-10H,1-2,4,6H2,(H,17,18). The molecule has 0 saturated carbocycles. The van der Waals surface area contributed by atoms with E-state index in [-0.39, 0.29) is 0 Å². The highest BCUT2D eigenvalue weighted by atomic mass is 19.1. The van der Waals surface area contributed by atoms with Crippen LogP contribution in [-0.4, -0.2) is 4.98 Å². The summed E-state index contributed by atoms with van der Waals surface area (Å²) in [5.74, 6) is -0.454. The molecule has 2 nitrogen and oxygen atoms in total. The summed E-state index contributed by atoms with van der Waals surface area (Å²) in [6, 6.07) is 9.51. The Kier molecular flexibility index (Phi) is 2.97. The highest BCUT2D eigenvalue weighted by Crippen LogP contribution is 2.29. The lowest BCUT2D eigenvalue weighted by molar-refractivity contribution is 0.584. The number of hydrogen-bond acceptors (Lipinski definition) is 2. The predicted octanol–water partition coefficient (Wildman–Crippen LogP) is 3.84. The van der Waals surface area contributed by atoms with Gasteiger partial charge in [-0.2, -0.15) is 4.39 Å². The molecule has 1 N–H and O–H groups in total. The van der Waals surface area contributed by atoms with Crippen LogP contribution in [0.4, 0.5) is 15.8 Å². The zero-order valence-corrected chi connectivity index (χ0v) is 10.1. The number of halogens is 1. The maximum Gasteiger partial charge on any atom is 0.214 e. The summed E-state index contributed by atoms with van der Waals surface area (Å²) < 4.78 is 13.1. The van der Waals surface area contributed by atoms with Gasteiger partial charge in [0, 0.05) is 23.6 Å². The van der Waals surface area contributed by atoms with E-state index in [1.807, 2.05) is 0 Å². The van der Waals surface area contributed by atoms with Crippen molar-refractivity contribution in [3.05, 3.63) is 53.6 Å². The highest BCUT2D eigenvalue weighted by molar-refractivity contribution is 5.64. The van der Waals surface area contributed by atoms with Crippen LogP contribution >= 0.6 is 0 Å². The van der Waals surface area contributed by atoms with E-state index >= 15 is 0 Å². The summed E-state index contributed by atoms with van der Waals surface area (Å²) >= 11 is 0. The average molecular weight is 242 g/mol. The Hall–Kier alpha value is -1.90. The third-order valence-electron chi connectivity index (χ3n) is 3.40. The quantitative estimate of drug-likeness (QED) is 0.809. The normalized spacial score (nSPS) is 14.1. The Morgan fingerprint density at radius 1 is 1.11 bits per heavy atom. The molecule has 0 fully saturated rings. The first-order valence-corrected chi connectivity index (χ1v) is 6.32. The van der Waals surface area contributed by atoms with Gasteiger partial charge in [0.1, 0.15) is 0 Å². The molecule has 1 aromatic heterocycles. The number of nitrogens with zero attached hydrogens (tertiary/aromatic N) is 1. The summed E-state index contributed by atoms with van der Waals surface area (Å²) in [7, 11) is 0. The van der Waals surface area contributed by atoms with E-state index in [9.17, 15) is 4.39 Å². The summed E-state index contributed by atoms with van der Waals surface area (Å²) in [4.78, 5) is 3.56. The molecule has 1 aliphatic rings. The van der Waals surface area contributed by atoms with Gasteiger partial charge in [-0.05, 0) is 48.9 Å². The molecule has 2 aromatic rings. The summed E-state index contributed by atoms with van der Waals surface area (Å²) in [6.07, 6.45) is 6.23. The largest absolute Gasteiger partial charge is 0.355 e. The summed E-state index contributed by atoms with van der Waals surface area (Å²) in [6.45, 7) is 0. The van der Waals surface area contributed by atoms with Gasteiger partial charge in [0.05, 0.1) is 0 Å². The number of pyridine rings is 1. The van der Waals surface area contributed by atoms with Crippen molar-refractivity contribution >= 4 is 11.4 Å². The molecular formula is C15H15FN2. The van der Waals surface area contributed by atoms with Crippen LogP contribution in [0.3, 0.4) is 0 Å². The Balaban J connectivity index is 1.93. The molecule has 0 unspecified atom stereocenters. The first-order valence-electron chi connectivity index (χ1n) is 6.32. The van der Waals surface area contributed by atoms with Crippen molar-refractivity contribution in [2.75, 3.05) is 5.32 Å². The lowest BCUT2D eigenvalue weighted by atomic mass is 9.90. The number of aromatic nitrogens is 1. The minimum atomic E-state index is -0.454. The lowest BCUT2D eigenvalue weighted by Crippen LogP contribution is -2.06. The van der Waals surface area contributed by atoms with E-state index in [2.05, 4.69) is 28.5 Å². The number of rotatable bonds is 2. The van der Waals surface area contributed by atoms with E-state index in [0.717, 1.165) is 24.2 Å².